The minimum atomic E-state index is -4.34. The summed E-state index contributed by atoms with van der Waals surface area (Å²) in [6.45, 7) is 2.35. The Morgan fingerprint density at radius 3 is 1.85 bits per heavy atom. The molecule has 2 unspecified atom stereocenters. The van der Waals surface area contributed by atoms with E-state index in [1.54, 1.807) is 7.11 Å². The molecule has 2 atom stereocenters. The van der Waals surface area contributed by atoms with Gasteiger partial charge in [0.05, 0.1) is 46.2 Å². The van der Waals surface area contributed by atoms with Gasteiger partial charge in [0.15, 0.2) is 0 Å². The molecule has 0 aromatic heterocycles. The standard InChI is InChI=1S/C22H44N3O13P.CH4/c1-31-11-13-34-15-17-36-21(27)24-8-5-4-7-19(25-22(28)37-18-16-35-14-12-32-2)20(26)23-9-6-10-38-39(29,30)33-3;/h19H,4-18H2,1-3H3,(H,23,26)(H,24,27)(H,25,28)(H,29,30);1H4/p-1. The lowest BCUT2D eigenvalue weighted by Crippen LogP contribution is -2.47. The van der Waals surface area contributed by atoms with Crippen LogP contribution in [0.5, 0.6) is 0 Å². The van der Waals surface area contributed by atoms with Gasteiger partial charge in [-0.1, -0.05) is 7.43 Å². The first kappa shape index (κ1) is 40.1. The number of methoxy groups -OCH3 is 2. The summed E-state index contributed by atoms with van der Waals surface area (Å²) < 4.78 is 50.1. The molecule has 16 nitrogen and oxygen atoms in total. The van der Waals surface area contributed by atoms with Crippen molar-refractivity contribution in [1.29, 1.82) is 0 Å². The Morgan fingerprint density at radius 1 is 0.725 bits per heavy atom. The molecular formula is C23H47N3O13P-. The summed E-state index contributed by atoms with van der Waals surface area (Å²) in [4.78, 5) is 47.6. The zero-order valence-corrected chi connectivity index (χ0v) is 23.8. The number of hydrogen-bond donors (Lipinski definition) is 3. The molecule has 17 heteroatoms. The van der Waals surface area contributed by atoms with Crippen LogP contribution >= 0.6 is 7.82 Å². The average molecular weight is 605 g/mol. The number of carbonyl (C=O) groups excluding carboxylic acids is 3. The maximum atomic E-state index is 12.6. The molecule has 0 aromatic rings. The van der Waals surface area contributed by atoms with Crippen molar-refractivity contribution in [3.05, 3.63) is 0 Å². The van der Waals surface area contributed by atoms with E-state index in [1.807, 2.05) is 0 Å². The number of phosphoric ester groups is 1. The van der Waals surface area contributed by atoms with Crippen molar-refractivity contribution < 1.29 is 61.3 Å². The molecule has 0 aliphatic rings. The molecule has 0 heterocycles. The van der Waals surface area contributed by atoms with Crippen LogP contribution in [-0.2, 0) is 46.8 Å². The molecule has 40 heavy (non-hydrogen) atoms. The fraction of sp³-hybridized carbons (Fsp3) is 0.870. The number of nitrogens with one attached hydrogen (secondary N) is 3. The number of ether oxygens (including phenoxy) is 6. The summed E-state index contributed by atoms with van der Waals surface area (Å²) in [5, 5.41) is 7.71. The topological polar surface area (TPSA) is 201 Å². The Labute approximate surface area is 236 Å². The van der Waals surface area contributed by atoms with E-state index in [9.17, 15) is 23.8 Å². The number of alkyl carbamates (subject to hydrolysis) is 2. The highest BCUT2D eigenvalue weighted by molar-refractivity contribution is 7.45. The zero-order chi connectivity index (χ0) is 29.2. The molecule has 0 fully saturated rings. The van der Waals surface area contributed by atoms with Crippen molar-refractivity contribution >= 4 is 25.9 Å². The summed E-state index contributed by atoms with van der Waals surface area (Å²) in [5.41, 5.74) is 0. The molecular weight excluding hydrogens is 557 g/mol. The van der Waals surface area contributed by atoms with Crippen LogP contribution in [0.1, 0.15) is 33.1 Å². The van der Waals surface area contributed by atoms with Crippen LogP contribution in [0.15, 0.2) is 0 Å². The van der Waals surface area contributed by atoms with Crippen molar-refractivity contribution in [3.8, 4) is 0 Å². The van der Waals surface area contributed by atoms with Gasteiger partial charge in [0.1, 0.15) is 19.3 Å². The molecule has 3 amide bonds. The SMILES string of the molecule is C.COCCOCCOC(=O)NCCCCC(NC(=O)OCCOCCOC)C(=O)NCCCOP(=O)([O-])OC. The highest BCUT2D eigenvalue weighted by Gasteiger charge is 2.21. The molecule has 238 valence electrons. The Hall–Kier alpha value is -2.04. The van der Waals surface area contributed by atoms with Crippen LogP contribution < -0.4 is 20.8 Å². The van der Waals surface area contributed by atoms with Crippen LogP contribution in [0, 0.1) is 0 Å². The number of amides is 3. The van der Waals surface area contributed by atoms with Gasteiger partial charge in [0.2, 0.25) is 5.91 Å². The Morgan fingerprint density at radius 2 is 1.27 bits per heavy atom. The van der Waals surface area contributed by atoms with Gasteiger partial charge in [-0.2, -0.15) is 0 Å². The Balaban J connectivity index is 0. The predicted molar refractivity (Wildman–Crippen MR) is 142 cm³/mol. The maximum absolute atomic E-state index is 12.6. The second-order valence-electron chi connectivity index (χ2n) is 7.71. The van der Waals surface area contributed by atoms with Gasteiger partial charge in [-0.3, -0.25) is 9.36 Å². The summed E-state index contributed by atoms with van der Waals surface area (Å²) in [5.74, 6) is -0.485. The van der Waals surface area contributed by atoms with Gasteiger partial charge >= 0.3 is 12.2 Å². The van der Waals surface area contributed by atoms with Gasteiger partial charge in [-0.15, -0.1) is 0 Å². The summed E-state index contributed by atoms with van der Waals surface area (Å²) in [6.07, 6.45) is 0.0565. The van der Waals surface area contributed by atoms with Crippen molar-refractivity contribution in [1.82, 2.24) is 16.0 Å². The third-order valence-electron chi connectivity index (χ3n) is 4.68. The normalized spacial score (nSPS) is 12.9. The number of phosphoric acid groups is 1. The number of hydrogen-bond acceptors (Lipinski definition) is 13. The summed E-state index contributed by atoms with van der Waals surface area (Å²) in [7, 11) is -0.259. The van der Waals surface area contributed by atoms with Crippen molar-refractivity contribution in [2.24, 2.45) is 0 Å². The molecule has 0 aromatic carbocycles. The lowest BCUT2D eigenvalue weighted by Gasteiger charge is -2.21. The molecule has 0 rings (SSSR count). The molecule has 0 bridgehead atoms. The van der Waals surface area contributed by atoms with Gasteiger partial charge in [0, 0.05) is 34.4 Å². The smallest absolute Gasteiger partial charge is 0.407 e. The largest absolute Gasteiger partial charge is 0.756 e. The van der Waals surface area contributed by atoms with Gasteiger partial charge < -0.3 is 58.3 Å². The second kappa shape index (κ2) is 27.1. The summed E-state index contributed by atoms with van der Waals surface area (Å²) >= 11 is 0. The predicted octanol–water partition coefficient (Wildman–Crippen LogP) is 0.578. The minimum Gasteiger partial charge on any atom is -0.756 e. The highest BCUT2D eigenvalue weighted by atomic mass is 31.2. The first-order chi connectivity index (χ1) is 18.8. The average Bonchev–Trinajstić information content (AvgIpc) is 2.91. The highest BCUT2D eigenvalue weighted by Crippen LogP contribution is 2.36. The number of carbonyl (C=O) groups is 3. The lowest BCUT2D eigenvalue weighted by molar-refractivity contribution is -0.222. The molecule has 0 saturated carbocycles. The number of unbranched alkanes of at least 4 members (excludes halogenated alkanes) is 1. The van der Waals surface area contributed by atoms with E-state index in [2.05, 4.69) is 25.0 Å². The van der Waals surface area contributed by atoms with Crippen LogP contribution in [0.2, 0.25) is 0 Å². The van der Waals surface area contributed by atoms with Crippen molar-refractivity contribution in [2.75, 3.05) is 93.9 Å². The first-order valence-corrected chi connectivity index (χ1v) is 14.0. The number of rotatable bonds is 25. The quantitative estimate of drug-likeness (QED) is 0.0966. The van der Waals surface area contributed by atoms with E-state index in [1.165, 1.54) is 7.11 Å². The van der Waals surface area contributed by atoms with Crippen molar-refractivity contribution in [3.63, 3.8) is 0 Å². The van der Waals surface area contributed by atoms with E-state index in [0.717, 1.165) is 7.11 Å². The Bertz CT molecular complexity index is 703. The molecule has 0 radical (unpaired) electrons. The molecule has 0 saturated heterocycles. The summed E-state index contributed by atoms with van der Waals surface area (Å²) in [6, 6.07) is -0.923. The zero-order valence-electron chi connectivity index (χ0n) is 22.9. The molecule has 0 aliphatic carbocycles. The van der Waals surface area contributed by atoms with Crippen LogP contribution in [-0.4, -0.2) is 118 Å². The van der Waals surface area contributed by atoms with Gasteiger partial charge in [-0.25, -0.2) is 9.59 Å². The van der Waals surface area contributed by atoms with Crippen LogP contribution in [0.3, 0.4) is 0 Å². The van der Waals surface area contributed by atoms with Crippen molar-refractivity contribution in [2.45, 2.75) is 39.2 Å². The van der Waals surface area contributed by atoms with E-state index in [0.29, 0.717) is 45.8 Å². The first-order valence-electron chi connectivity index (χ1n) is 12.5. The maximum Gasteiger partial charge on any atom is 0.407 e. The third-order valence-corrected chi connectivity index (χ3v) is 5.62. The molecule has 0 spiro atoms. The lowest BCUT2D eigenvalue weighted by atomic mass is 10.1. The minimum absolute atomic E-state index is 0. The van der Waals surface area contributed by atoms with Crippen LogP contribution in [0.25, 0.3) is 0 Å². The molecule has 0 aliphatic heterocycles. The van der Waals surface area contributed by atoms with Gasteiger partial charge in [0.25, 0.3) is 7.82 Å². The third kappa shape index (κ3) is 25.0. The fourth-order valence-electron chi connectivity index (χ4n) is 2.68. The van der Waals surface area contributed by atoms with E-state index in [-0.39, 0.29) is 59.8 Å². The second-order valence-corrected chi connectivity index (χ2v) is 9.23. The van der Waals surface area contributed by atoms with E-state index in [4.69, 9.17) is 28.4 Å². The van der Waals surface area contributed by atoms with E-state index < -0.39 is 32.0 Å². The van der Waals surface area contributed by atoms with Crippen LogP contribution in [0.4, 0.5) is 9.59 Å². The molecule has 3 N–H and O–H groups in total. The van der Waals surface area contributed by atoms with Gasteiger partial charge in [-0.05, 0) is 25.7 Å². The monoisotopic (exact) mass is 604 g/mol. The Kier molecular flexibility index (Phi) is 27.2. The van der Waals surface area contributed by atoms with E-state index >= 15 is 0 Å². The fourth-order valence-corrected chi connectivity index (χ4v) is 3.14.